The molecule has 0 aromatic heterocycles. The lowest BCUT2D eigenvalue weighted by Gasteiger charge is -2.35. The van der Waals surface area contributed by atoms with E-state index in [1.54, 1.807) is 36.4 Å². The number of halogens is 5. The van der Waals surface area contributed by atoms with Gasteiger partial charge in [0.25, 0.3) is 0 Å². The van der Waals surface area contributed by atoms with Gasteiger partial charge in [0.2, 0.25) is 21.8 Å². The lowest BCUT2D eigenvalue weighted by atomic mass is 9.94. The molecule has 1 atom stereocenters. The molecule has 1 N–H and O–H groups in total. The van der Waals surface area contributed by atoms with E-state index in [9.17, 15) is 31.2 Å². The van der Waals surface area contributed by atoms with Gasteiger partial charge in [0, 0.05) is 24.0 Å². The first-order valence-corrected chi connectivity index (χ1v) is 17.1. The maximum Gasteiger partial charge on any atom is 0.416 e. The number of anilines is 1. The van der Waals surface area contributed by atoms with Crippen LogP contribution in [0.15, 0.2) is 72.8 Å². The third kappa shape index (κ3) is 9.61. The van der Waals surface area contributed by atoms with Crippen molar-refractivity contribution in [1.29, 1.82) is 0 Å². The monoisotopic (exact) mass is 683 g/mol. The number of sulfonamides is 1. The van der Waals surface area contributed by atoms with Gasteiger partial charge >= 0.3 is 6.18 Å². The fourth-order valence-corrected chi connectivity index (χ4v) is 6.61. The second-order valence-electron chi connectivity index (χ2n) is 11.1. The number of hydrogen-bond donors (Lipinski definition) is 1. The van der Waals surface area contributed by atoms with Gasteiger partial charge in [0.05, 0.1) is 22.5 Å². The van der Waals surface area contributed by atoms with E-state index in [-0.39, 0.29) is 24.0 Å². The number of hydrogen-bond acceptors (Lipinski definition) is 4. The molecule has 0 spiro atoms. The molecule has 7 nitrogen and oxygen atoms in total. The molecule has 1 aliphatic rings. The molecule has 0 bridgehead atoms. The van der Waals surface area contributed by atoms with E-state index >= 15 is 0 Å². The highest BCUT2D eigenvalue weighted by Gasteiger charge is 2.36. The Morgan fingerprint density at radius 2 is 1.58 bits per heavy atom. The number of nitrogens with zero attached hydrogens (tertiary/aromatic N) is 2. The number of amides is 2. The van der Waals surface area contributed by atoms with Gasteiger partial charge in [0.15, 0.2) is 0 Å². The Kier molecular flexibility index (Phi) is 11.4. The highest BCUT2D eigenvalue weighted by molar-refractivity contribution is 7.92. The lowest BCUT2D eigenvalue weighted by Crippen LogP contribution is -2.55. The van der Waals surface area contributed by atoms with Crippen LogP contribution in [0, 0.1) is 0 Å². The van der Waals surface area contributed by atoms with Crippen molar-refractivity contribution in [2.24, 2.45) is 0 Å². The highest BCUT2D eigenvalue weighted by atomic mass is 35.5. The Morgan fingerprint density at radius 3 is 2.18 bits per heavy atom. The Balaban J connectivity index is 1.76. The fraction of sp³-hybridized carbons (Fsp3) is 0.375. The molecule has 0 saturated heterocycles. The second-order valence-corrected chi connectivity index (χ2v) is 13.9. The number of rotatable bonds is 11. The van der Waals surface area contributed by atoms with Crippen LogP contribution < -0.4 is 9.62 Å². The topological polar surface area (TPSA) is 86.8 Å². The van der Waals surface area contributed by atoms with Crippen LogP contribution in [0.3, 0.4) is 0 Å². The van der Waals surface area contributed by atoms with Gasteiger partial charge in [-0.2, -0.15) is 13.2 Å². The van der Waals surface area contributed by atoms with Crippen molar-refractivity contribution in [2.75, 3.05) is 17.1 Å². The first-order chi connectivity index (χ1) is 21.2. The number of carbonyl (C=O) groups excluding carboxylic acids is 2. The van der Waals surface area contributed by atoms with Gasteiger partial charge in [-0.15, -0.1) is 0 Å². The Hall–Kier alpha value is -3.28. The molecule has 1 aliphatic carbocycles. The quantitative estimate of drug-likeness (QED) is 0.239. The molecule has 2 amide bonds. The molecule has 4 rings (SSSR count). The molecule has 242 valence electrons. The predicted octanol–water partition coefficient (Wildman–Crippen LogP) is 6.87. The summed E-state index contributed by atoms with van der Waals surface area (Å²) in [5.41, 5.74) is -0.259. The molecule has 13 heteroatoms. The normalized spacial score (nSPS) is 14.9. The van der Waals surface area contributed by atoms with Crippen molar-refractivity contribution >= 4 is 50.7 Å². The van der Waals surface area contributed by atoms with Gasteiger partial charge < -0.3 is 10.2 Å². The summed E-state index contributed by atoms with van der Waals surface area (Å²) in [7, 11) is -4.32. The zero-order chi connectivity index (χ0) is 32.8. The third-order valence-electron chi connectivity index (χ3n) is 7.71. The van der Waals surface area contributed by atoms with Crippen molar-refractivity contribution in [2.45, 2.75) is 63.3 Å². The molecule has 0 heterocycles. The molecule has 0 aliphatic heterocycles. The highest BCUT2D eigenvalue weighted by Crippen LogP contribution is 2.36. The standard InChI is InChI=1S/C32H34Cl2F3N3O4S/c1-45(43,44)40(28-19-24(32(35,36)37)14-17-27(28)34)21-30(41)39(20-23-12-15-25(33)16-13-23)29(18-22-8-4-2-5-9-22)31(42)38-26-10-6-3-7-11-26/h2,4-5,8-9,12-17,19,26,29H,3,6-7,10-11,18,20-21H2,1H3,(H,38,42)/t29-/m1/s1. The number of benzene rings is 3. The minimum Gasteiger partial charge on any atom is -0.352 e. The Bertz CT molecular complexity index is 1580. The van der Waals surface area contributed by atoms with Crippen LogP contribution in [0.5, 0.6) is 0 Å². The van der Waals surface area contributed by atoms with Crippen molar-refractivity contribution in [1.82, 2.24) is 10.2 Å². The van der Waals surface area contributed by atoms with Gasteiger partial charge in [-0.05, 0) is 54.3 Å². The summed E-state index contributed by atoms with van der Waals surface area (Å²) in [4.78, 5) is 29.5. The van der Waals surface area contributed by atoms with Crippen molar-refractivity contribution in [3.8, 4) is 0 Å². The van der Waals surface area contributed by atoms with Crippen LogP contribution >= 0.6 is 23.2 Å². The van der Waals surface area contributed by atoms with Crippen LogP contribution in [-0.2, 0) is 38.8 Å². The molecule has 3 aromatic rings. The molecule has 1 fully saturated rings. The summed E-state index contributed by atoms with van der Waals surface area (Å²) in [6.45, 7) is -0.991. The van der Waals surface area contributed by atoms with Crippen LogP contribution in [0.25, 0.3) is 0 Å². The smallest absolute Gasteiger partial charge is 0.352 e. The summed E-state index contributed by atoms with van der Waals surface area (Å²) in [6.07, 6.45) is 0.687. The summed E-state index contributed by atoms with van der Waals surface area (Å²) in [5, 5.41) is 3.25. The van der Waals surface area contributed by atoms with Crippen molar-refractivity contribution < 1.29 is 31.2 Å². The molecule has 0 radical (unpaired) electrons. The predicted molar refractivity (Wildman–Crippen MR) is 170 cm³/mol. The van der Waals surface area contributed by atoms with Gasteiger partial charge in [-0.25, -0.2) is 8.42 Å². The number of nitrogens with one attached hydrogen (secondary N) is 1. The third-order valence-corrected chi connectivity index (χ3v) is 9.41. The average molecular weight is 685 g/mol. The van der Waals surface area contributed by atoms with Gasteiger partial charge in [-0.1, -0.05) is 84.9 Å². The van der Waals surface area contributed by atoms with Crippen molar-refractivity contribution in [3.63, 3.8) is 0 Å². The van der Waals surface area contributed by atoms with Gasteiger partial charge in [-0.3, -0.25) is 13.9 Å². The minimum atomic E-state index is -4.79. The van der Waals surface area contributed by atoms with E-state index in [1.165, 1.54) is 4.90 Å². The molecule has 3 aromatic carbocycles. The fourth-order valence-electron chi connectivity index (χ4n) is 5.36. The first-order valence-electron chi connectivity index (χ1n) is 14.4. The van der Waals surface area contributed by atoms with Crippen LogP contribution in [0.2, 0.25) is 10.0 Å². The van der Waals surface area contributed by atoms with Crippen molar-refractivity contribution in [3.05, 3.63) is 99.5 Å². The Morgan fingerprint density at radius 1 is 0.933 bits per heavy atom. The number of carbonyl (C=O) groups is 2. The maximum absolute atomic E-state index is 14.2. The second kappa shape index (κ2) is 14.9. The summed E-state index contributed by atoms with van der Waals surface area (Å²) in [6, 6.07) is 16.8. The average Bonchev–Trinajstić information content (AvgIpc) is 2.99. The van der Waals surface area contributed by atoms with E-state index in [4.69, 9.17) is 23.2 Å². The summed E-state index contributed by atoms with van der Waals surface area (Å²) < 4.78 is 67.2. The first kappa shape index (κ1) is 34.6. The molecular weight excluding hydrogens is 650 g/mol. The van der Waals surface area contributed by atoms with E-state index in [0.717, 1.165) is 56.1 Å². The molecule has 0 unspecified atom stereocenters. The zero-order valence-electron chi connectivity index (χ0n) is 24.6. The summed E-state index contributed by atoms with van der Waals surface area (Å²) >= 11 is 12.3. The zero-order valence-corrected chi connectivity index (χ0v) is 26.9. The molecular formula is C32H34Cl2F3N3O4S. The van der Waals surface area contributed by atoms with E-state index in [1.807, 2.05) is 18.2 Å². The van der Waals surface area contributed by atoms with Crippen LogP contribution in [0.1, 0.15) is 48.8 Å². The lowest BCUT2D eigenvalue weighted by molar-refractivity contribution is -0.140. The van der Waals surface area contributed by atoms with E-state index in [2.05, 4.69) is 5.32 Å². The van der Waals surface area contributed by atoms with Crippen LogP contribution in [-0.4, -0.2) is 50.0 Å². The minimum absolute atomic E-state index is 0.0755. The van der Waals surface area contributed by atoms with E-state index in [0.29, 0.717) is 21.0 Å². The van der Waals surface area contributed by atoms with E-state index < -0.39 is 51.9 Å². The SMILES string of the molecule is CS(=O)(=O)N(CC(=O)N(Cc1ccc(Cl)cc1)[C@H](Cc1ccccc1)C(=O)NC1CCCCC1)c1cc(C(F)(F)F)ccc1Cl. The number of alkyl halides is 3. The molecule has 1 saturated carbocycles. The largest absolute Gasteiger partial charge is 0.416 e. The summed E-state index contributed by atoms with van der Waals surface area (Å²) in [5.74, 6) is -1.21. The maximum atomic E-state index is 14.2. The van der Waals surface area contributed by atoms with Crippen LogP contribution in [0.4, 0.5) is 18.9 Å². The van der Waals surface area contributed by atoms with Gasteiger partial charge in [0.1, 0.15) is 12.6 Å². The Labute approximate surface area is 271 Å². The molecule has 45 heavy (non-hydrogen) atoms.